The van der Waals surface area contributed by atoms with Gasteiger partial charge < -0.3 is 19.1 Å². The van der Waals surface area contributed by atoms with Gasteiger partial charge in [0.05, 0.1) is 0 Å². The topological polar surface area (TPSA) is 69.6 Å². The molecule has 0 aliphatic heterocycles. The number of rotatable bonds is 11. The average Bonchev–Trinajstić information content (AvgIpc) is 2.47. The predicted molar refractivity (Wildman–Crippen MR) is 94.0 cm³/mol. The summed E-state index contributed by atoms with van der Waals surface area (Å²) in [5, 5.41) is 10.0. The lowest BCUT2D eigenvalue weighted by atomic mass is 10.3. The summed E-state index contributed by atoms with van der Waals surface area (Å²) in [5.41, 5.74) is 0. The van der Waals surface area contributed by atoms with Crippen LogP contribution in [0.15, 0.2) is 29.2 Å². The molecule has 1 N–H and O–H groups in total. The summed E-state index contributed by atoms with van der Waals surface area (Å²) in [4.78, 5) is 2.47. The van der Waals surface area contributed by atoms with Gasteiger partial charge in [-0.15, -0.1) is 0 Å². The van der Waals surface area contributed by atoms with Gasteiger partial charge in [0, 0.05) is 19.5 Å². The number of hydrogen-bond donors (Lipinski definition) is 1. The molecule has 23 heavy (non-hydrogen) atoms. The molecule has 0 aliphatic rings. The second-order valence-corrected chi connectivity index (χ2v) is 8.78. The van der Waals surface area contributed by atoms with Crippen LogP contribution in [0.25, 0.3) is 0 Å². The van der Waals surface area contributed by atoms with E-state index in [1.54, 1.807) is 0 Å². The summed E-state index contributed by atoms with van der Waals surface area (Å²) >= 11 is -2.10. The van der Waals surface area contributed by atoms with Gasteiger partial charge in [0.1, 0.15) is 29.2 Å². The minimum absolute atomic E-state index is 0.123. The third-order valence-electron chi connectivity index (χ3n) is 3.29. The average molecular weight is 364 g/mol. The summed E-state index contributed by atoms with van der Waals surface area (Å²) in [5.74, 6) is 1.17. The lowest BCUT2D eigenvalue weighted by molar-refractivity contribution is 0.144. The number of likely N-dealkylation sites (N-methyl/N-ethyl adjacent to an activating group) is 1. The van der Waals surface area contributed by atoms with Crippen molar-refractivity contribution >= 4 is 22.4 Å². The highest BCUT2D eigenvalue weighted by Crippen LogP contribution is 2.13. The summed E-state index contributed by atoms with van der Waals surface area (Å²) in [6, 6.07) is 5.49. The molecule has 0 saturated heterocycles. The Morgan fingerprint density at radius 1 is 1.22 bits per heavy atom. The van der Waals surface area contributed by atoms with Crippen molar-refractivity contribution < 1.29 is 18.6 Å². The van der Waals surface area contributed by atoms with Crippen LogP contribution in [-0.2, 0) is 22.4 Å². The van der Waals surface area contributed by atoms with Gasteiger partial charge in [0.25, 0.3) is 0 Å². The first-order valence-electron chi connectivity index (χ1n) is 7.78. The quantitative estimate of drug-likeness (QED) is 0.609. The molecule has 4 nitrogen and oxygen atoms in total. The molecule has 0 bridgehead atoms. The molecule has 7 heteroatoms. The van der Waals surface area contributed by atoms with Gasteiger partial charge in [0.15, 0.2) is 4.90 Å². The van der Waals surface area contributed by atoms with Crippen molar-refractivity contribution in [3.05, 3.63) is 30.1 Å². The number of halogens is 1. The summed E-state index contributed by atoms with van der Waals surface area (Å²) in [6.45, 7) is 3.17. The molecule has 0 radical (unpaired) electrons. The number of nitrogens with zero attached hydrogens (tertiary/aromatic N) is 1. The van der Waals surface area contributed by atoms with E-state index in [-0.39, 0.29) is 11.6 Å². The van der Waals surface area contributed by atoms with Crippen molar-refractivity contribution in [3.63, 3.8) is 0 Å². The fourth-order valence-electron chi connectivity index (χ4n) is 2.19. The van der Waals surface area contributed by atoms with E-state index >= 15 is 0 Å². The minimum atomic E-state index is -1.35. The second-order valence-electron chi connectivity index (χ2n) is 5.58. The molecule has 1 aromatic rings. The Hall–Kier alpha value is -0.310. The van der Waals surface area contributed by atoms with Crippen molar-refractivity contribution in [2.45, 2.75) is 30.8 Å². The molecular weight excluding hydrogens is 337 g/mol. The Morgan fingerprint density at radius 2 is 1.87 bits per heavy atom. The normalized spacial score (nSPS) is 15.6. The maximum Gasteiger partial charge on any atom is 0.152 e. The van der Waals surface area contributed by atoms with Crippen LogP contribution in [-0.4, -0.2) is 62.6 Å². The molecular formula is C16H26FNO3S2. The highest BCUT2D eigenvalue weighted by atomic mass is 32.2. The van der Waals surface area contributed by atoms with Gasteiger partial charge in [-0.25, -0.2) is 4.39 Å². The molecule has 0 aromatic heterocycles. The number of hydrogen-bond acceptors (Lipinski definition) is 4. The molecule has 3 unspecified atom stereocenters. The lowest BCUT2D eigenvalue weighted by Crippen LogP contribution is -2.35. The van der Waals surface area contributed by atoms with E-state index in [0.29, 0.717) is 17.2 Å². The van der Waals surface area contributed by atoms with Gasteiger partial charge >= 0.3 is 0 Å². The Morgan fingerprint density at radius 3 is 2.48 bits per heavy atom. The van der Waals surface area contributed by atoms with E-state index in [9.17, 15) is 18.6 Å². The first-order chi connectivity index (χ1) is 10.9. The molecule has 1 rings (SSSR count). The first kappa shape index (κ1) is 20.7. The fraction of sp³-hybridized carbons (Fsp3) is 0.625. The molecule has 1 aromatic carbocycles. The third-order valence-corrected chi connectivity index (χ3v) is 6.38. The van der Waals surface area contributed by atoms with Crippen molar-refractivity contribution in [1.82, 2.24) is 4.90 Å². The Labute approximate surface area is 144 Å². The highest BCUT2D eigenvalue weighted by Gasteiger charge is 2.19. The molecule has 0 fully saturated rings. The second kappa shape index (κ2) is 11.3. The Bertz CT molecular complexity index is 436. The third kappa shape index (κ3) is 8.93. The van der Waals surface area contributed by atoms with E-state index < -0.39 is 28.5 Å². The maximum absolute atomic E-state index is 12.8. The number of benzene rings is 1. The minimum Gasteiger partial charge on any atom is -0.616 e. The van der Waals surface area contributed by atoms with Gasteiger partial charge in [-0.05, 0) is 48.9 Å². The van der Waals surface area contributed by atoms with Gasteiger partial charge in [-0.1, -0.05) is 18.1 Å². The molecule has 0 heterocycles. The van der Waals surface area contributed by atoms with Crippen molar-refractivity contribution in [2.24, 2.45) is 0 Å². The lowest BCUT2D eigenvalue weighted by Gasteiger charge is -2.21. The molecule has 3 atom stereocenters. The van der Waals surface area contributed by atoms with E-state index in [4.69, 9.17) is 0 Å². The zero-order chi connectivity index (χ0) is 17.2. The largest absolute Gasteiger partial charge is 0.616 e. The van der Waals surface area contributed by atoms with Crippen molar-refractivity contribution in [2.75, 3.05) is 37.4 Å². The predicted octanol–water partition coefficient (Wildman–Crippen LogP) is 1.77. The zero-order valence-corrected chi connectivity index (χ0v) is 15.4. The molecule has 0 aliphatic carbocycles. The Balaban J connectivity index is 2.26. The smallest absolute Gasteiger partial charge is 0.152 e. The molecule has 0 saturated carbocycles. The molecule has 132 valence electrons. The van der Waals surface area contributed by atoms with Crippen LogP contribution in [0.3, 0.4) is 0 Å². The van der Waals surface area contributed by atoms with E-state index in [0.717, 1.165) is 25.1 Å². The standard InChI is InChI=1S/C16H26FNO3S2/c1-3-10-22(20)11-4-9-18(2)12-15(19)13-23(21)16-7-5-14(17)6-8-16/h5-8,15,19H,3-4,9-13H2,1-2H3. The SMILES string of the molecule is CCC[S+]([O-])CCCN(C)CC(O)C[S+]([O-])c1ccc(F)cc1. The van der Waals surface area contributed by atoms with Crippen LogP contribution in [0.4, 0.5) is 4.39 Å². The van der Waals surface area contributed by atoms with Crippen LogP contribution in [0.5, 0.6) is 0 Å². The molecule has 0 amide bonds. The Kier molecular flexibility index (Phi) is 10.2. The van der Waals surface area contributed by atoms with Crippen LogP contribution in [0, 0.1) is 5.82 Å². The van der Waals surface area contributed by atoms with Gasteiger partial charge in [-0.3, -0.25) is 0 Å². The van der Waals surface area contributed by atoms with Crippen molar-refractivity contribution in [1.29, 1.82) is 0 Å². The van der Waals surface area contributed by atoms with Crippen LogP contribution >= 0.6 is 0 Å². The summed E-state index contributed by atoms with van der Waals surface area (Å²) < 4.78 is 36.5. The van der Waals surface area contributed by atoms with Crippen LogP contribution in [0.1, 0.15) is 19.8 Å². The number of aliphatic hydroxyl groups excluding tert-OH is 1. The van der Waals surface area contributed by atoms with E-state index in [2.05, 4.69) is 0 Å². The monoisotopic (exact) mass is 363 g/mol. The fourth-order valence-corrected chi connectivity index (χ4v) is 4.38. The van der Waals surface area contributed by atoms with E-state index in [1.165, 1.54) is 24.3 Å². The van der Waals surface area contributed by atoms with Crippen LogP contribution < -0.4 is 0 Å². The van der Waals surface area contributed by atoms with Gasteiger partial charge in [0.2, 0.25) is 0 Å². The zero-order valence-electron chi connectivity index (χ0n) is 13.7. The summed E-state index contributed by atoms with van der Waals surface area (Å²) in [6.07, 6.45) is 1.03. The molecule has 0 spiro atoms. The highest BCUT2D eigenvalue weighted by molar-refractivity contribution is 7.91. The van der Waals surface area contributed by atoms with Crippen LogP contribution in [0.2, 0.25) is 0 Å². The van der Waals surface area contributed by atoms with Crippen molar-refractivity contribution in [3.8, 4) is 0 Å². The van der Waals surface area contributed by atoms with E-state index in [1.807, 2.05) is 18.9 Å². The maximum atomic E-state index is 12.8. The van der Waals surface area contributed by atoms with Gasteiger partial charge in [-0.2, -0.15) is 0 Å². The number of aliphatic hydroxyl groups is 1. The first-order valence-corrected chi connectivity index (χ1v) is 10.6. The summed E-state index contributed by atoms with van der Waals surface area (Å²) in [7, 11) is 1.88.